The van der Waals surface area contributed by atoms with E-state index in [0.717, 1.165) is 11.1 Å². The quantitative estimate of drug-likeness (QED) is 0.490. The van der Waals surface area contributed by atoms with Gasteiger partial charge in [0.2, 0.25) is 0 Å². The molecule has 0 saturated heterocycles. The van der Waals surface area contributed by atoms with E-state index >= 15 is 0 Å². The number of hydrogen-bond acceptors (Lipinski definition) is 5. The number of nitrogens with one attached hydrogen (secondary N) is 1. The molecule has 1 heterocycles. The number of carbonyl (C=O) groups is 1. The number of halogens is 2. The van der Waals surface area contributed by atoms with Crippen LogP contribution < -0.4 is 20.5 Å². The second-order valence-electron chi connectivity index (χ2n) is 6.24. The number of rotatable bonds is 9. The van der Waals surface area contributed by atoms with Crippen LogP contribution in [0, 0.1) is 0 Å². The molecule has 29 heavy (non-hydrogen) atoms. The van der Waals surface area contributed by atoms with Crippen molar-refractivity contribution in [1.29, 1.82) is 0 Å². The Morgan fingerprint density at radius 3 is 2.59 bits per heavy atom. The Morgan fingerprint density at radius 2 is 1.97 bits per heavy atom. The van der Waals surface area contributed by atoms with Crippen molar-refractivity contribution >= 4 is 40.4 Å². The van der Waals surface area contributed by atoms with Gasteiger partial charge in [0, 0.05) is 16.4 Å². The van der Waals surface area contributed by atoms with E-state index in [4.69, 9.17) is 38.4 Å². The Balaban J connectivity index is 1.81. The maximum absolute atomic E-state index is 11.0. The fourth-order valence-electron chi connectivity index (χ4n) is 2.87. The van der Waals surface area contributed by atoms with Crippen molar-refractivity contribution in [2.75, 3.05) is 13.7 Å². The van der Waals surface area contributed by atoms with Crippen LogP contribution in [0.2, 0.25) is 10.0 Å². The summed E-state index contributed by atoms with van der Waals surface area (Å²) < 4.78 is 10.8. The normalized spacial score (nSPS) is 11.8. The van der Waals surface area contributed by atoms with Crippen LogP contribution in [0.15, 0.2) is 53.9 Å². The number of primary amides is 1. The highest BCUT2D eigenvalue weighted by Gasteiger charge is 2.17. The molecule has 152 valence electrons. The minimum Gasteiger partial charge on any atom is -0.493 e. The minimum atomic E-state index is -0.587. The number of benzene rings is 2. The highest BCUT2D eigenvalue weighted by Crippen LogP contribution is 2.37. The van der Waals surface area contributed by atoms with E-state index in [9.17, 15) is 4.79 Å². The zero-order chi connectivity index (χ0) is 20.8. The molecule has 0 radical (unpaired) electrons. The molecule has 0 bridgehead atoms. The van der Waals surface area contributed by atoms with Gasteiger partial charge in [-0.25, -0.2) is 0 Å². The first-order chi connectivity index (χ1) is 14.0. The number of thiophene rings is 1. The first-order valence-corrected chi connectivity index (χ1v) is 10.4. The summed E-state index contributed by atoms with van der Waals surface area (Å²) in [6.45, 7) is 0.266. The van der Waals surface area contributed by atoms with Gasteiger partial charge in [-0.2, -0.15) is 0 Å². The molecule has 0 saturated carbocycles. The monoisotopic (exact) mass is 450 g/mol. The smallest absolute Gasteiger partial charge is 0.255 e. The third kappa shape index (κ3) is 5.64. The van der Waals surface area contributed by atoms with E-state index in [1.807, 2.05) is 41.8 Å². The Hall–Kier alpha value is -2.25. The number of nitrogens with two attached hydrogens (primary N) is 1. The van der Waals surface area contributed by atoms with Crippen molar-refractivity contribution in [2.45, 2.75) is 12.6 Å². The summed E-state index contributed by atoms with van der Waals surface area (Å²) in [6, 6.07) is 15.5. The average Bonchev–Trinajstić information content (AvgIpc) is 3.22. The SMILES string of the molecule is COc1cc(CNC(c2ccc(Cl)cc2)c2cccs2)cc(Cl)c1OCC(N)=O. The average molecular weight is 451 g/mol. The van der Waals surface area contributed by atoms with Gasteiger partial charge in [0.25, 0.3) is 5.91 Å². The lowest BCUT2D eigenvalue weighted by molar-refractivity contribution is -0.119. The molecule has 0 aliphatic heterocycles. The van der Waals surface area contributed by atoms with Crippen LogP contribution in [-0.2, 0) is 11.3 Å². The lowest BCUT2D eigenvalue weighted by Gasteiger charge is -2.19. The Morgan fingerprint density at radius 1 is 1.21 bits per heavy atom. The standard InChI is InChI=1S/C21H20Cl2N2O3S/c1-27-17-10-13(9-16(23)21(17)28-12-19(24)26)11-25-20(18-3-2-8-29-18)14-4-6-15(22)7-5-14/h2-10,20,25H,11-12H2,1H3,(H2,24,26). The van der Waals surface area contributed by atoms with E-state index in [1.54, 1.807) is 17.4 Å². The number of ether oxygens (including phenoxy) is 2. The van der Waals surface area contributed by atoms with E-state index in [-0.39, 0.29) is 12.6 Å². The molecule has 2 aromatic carbocycles. The second kappa shape index (κ2) is 9.98. The highest BCUT2D eigenvalue weighted by molar-refractivity contribution is 7.10. The van der Waals surface area contributed by atoms with Crippen LogP contribution >= 0.6 is 34.5 Å². The molecular weight excluding hydrogens is 431 g/mol. The second-order valence-corrected chi connectivity index (χ2v) is 8.07. The summed E-state index contributed by atoms with van der Waals surface area (Å²) in [5.41, 5.74) is 7.16. The molecule has 0 fully saturated rings. The first-order valence-electron chi connectivity index (χ1n) is 8.77. The summed E-state index contributed by atoms with van der Waals surface area (Å²) in [7, 11) is 1.52. The van der Waals surface area contributed by atoms with E-state index in [0.29, 0.717) is 28.1 Å². The lowest BCUT2D eigenvalue weighted by Crippen LogP contribution is -2.22. The van der Waals surface area contributed by atoms with E-state index < -0.39 is 5.91 Å². The summed E-state index contributed by atoms with van der Waals surface area (Å²) >= 11 is 14.1. The molecule has 8 heteroatoms. The number of amides is 1. The molecule has 5 nitrogen and oxygen atoms in total. The molecule has 0 aliphatic carbocycles. The molecule has 1 atom stereocenters. The van der Waals surface area contributed by atoms with Crippen LogP contribution in [0.3, 0.4) is 0 Å². The fourth-order valence-corrected chi connectivity index (χ4v) is 4.11. The van der Waals surface area contributed by atoms with Gasteiger partial charge in [0.05, 0.1) is 18.2 Å². The van der Waals surface area contributed by atoms with Crippen molar-refractivity contribution in [3.8, 4) is 11.5 Å². The van der Waals surface area contributed by atoms with Gasteiger partial charge >= 0.3 is 0 Å². The largest absolute Gasteiger partial charge is 0.493 e. The minimum absolute atomic E-state index is 0.00262. The molecule has 1 aromatic heterocycles. The van der Waals surface area contributed by atoms with Gasteiger partial charge < -0.3 is 20.5 Å². The summed E-state index contributed by atoms with van der Waals surface area (Å²) in [5.74, 6) is 0.148. The van der Waals surface area contributed by atoms with Gasteiger partial charge in [-0.15, -0.1) is 11.3 Å². The number of hydrogen-bond donors (Lipinski definition) is 2. The fraction of sp³-hybridized carbons (Fsp3) is 0.190. The molecule has 1 unspecified atom stereocenters. The van der Waals surface area contributed by atoms with Gasteiger partial charge in [-0.3, -0.25) is 4.79 Å². The van der Waals surface area contributed by atoms with Crippen LogP contribution in [0.1, 0.15) is 22.0 Å². The van der Waals surface area contributed by atoms with Crippen molar-refractivity contribution in [3.63, 3.8) is 0 Å². The molecular formula is C21H20Cl2N2O3S. The van der Waals surface area contributed by atoms with Crippen molar-refractivity contribution in [3.05, 3.63) is 80.0 Å². The van der Waals surface area contributed by atoms with Gasteiger partial charge in [-0.1, -0.05) is 41.4 Å². The van der Waals surface area contributed by atoms with Crippen molar-refractivity contribution < 1.29 is 14.3 Å². The molecule has 1 amide bonds. The van der Waals surface area contributed by atoms with Crippen LogP contribution in [0.5, 0.6) is 11.5 Å². The van der Waals surface area contributed by atoms with Crippen molar-refractivity contribution in [1.82, 2.24) is 5.32 Å². The van der Waals surface area contributed by atoms with Crippen molar-refractivity contribution in [2.24, 2.45) is 5.73 Å². The molecule has 3 N–H and O–H groups in total. The lowest BCUT2D eigenvalue weighted by atomic mass is 10.0. The summed E-state index contributed by atoms with van der Waals surface area (Å²) in [6.07, 6.45) is 0. The first kappa shape index (κ1) is 21.5. The Bertz CT molecular complexity index is 963. The number of carbonyl (C=O) groups excluding carboxylic acids is 1. The third-order valence-electron chi connectivity index (χ3n) is 4.19. The highest BCUT2D eigenvalue weighted by atomic mass is 35.5. The maximum Gasteiger partial charge on any atom is 0.255 e. The van der Waals surface area contributed by atoms with Gasteiger partial charge in [-0.05, 0) is 46.8 Å². The Labute approximate surface area is 183 Å². The van der Waals surface area contributed by atoms with E-state index in [1.165, 1.54) is 12.0 Å². The predicted octanol–water partition coefficient (Wildman–Crippen LogP) is 4.81. The van der Waals surface area contributed by atoms with Crippen LogP contribution in [-0.4, -0.2) is 19.6 Å². The number of methoxy groups -OCH3 is 1. The van der Waals surface area contributed by atoms with Crippen LogP contribution in [0.25, 0.3) is 0 Å². The topological polar surface area (TPSA) is 73.6 Å². The predicted molar refractivity (Wildman–Crippen MR) is 117 cm³/mol. The molecule has 0 spiro atoms. The Kier molecular flexibility index (Phi) is 7.39. The third-order valence-corrected chi connectivity index (χ3v) is 5.66. The molecule has 3 rings (SSSR count). The van der Waals surface area contributed by atoms with Gasteiger partial charge in [0.15, 0.2) is 18.1 Å². The van der Waals surface area contributed by atoms with Gasteiger partial charge in [0.1, 0.15) is 0 Å². The zero-order valence-electron chi connectivity index (χ0n) is 15.7. The van der Waals surface area contributed by atoms with Crippen LogP contribution in [0.4, 0.5) is 0 Å². The zero-order valence-corrected chi connectivity index (χ0v) is 18.0. The molecule has 0 aliphatic rings. The van der Waals surface area contributed by atoms with E-state index in [2.05, 4.69) is 11.4 Å². The molecule has 3 aromatic rings. The summed E-state index contributed by atoms with van der Waals surface area (Å²) in [4.78, 5) is 12.2. The maximum atomic E-state index is 11.0. The summed E-state index contributed by atoms with van der Waals surface area (Å²) in [5, 5.41) is 6.65.